The summed E-state index contributed by atoms with van der Waals surface area (Å²) in [5.74, 6) is -0.891. The molecule has 0 aliphatic heterocycles. The molecule has 0 aromatic carbocycles. The molecule has 0 aromatic rings. The molecule has 0 fully saturated rings. The van der Waals surface area contributed by atoms with Crippen LogP contribution in [0.2, 0.25) is 0 Å². The fraction of sp³-hybridized carbons (Fsp3) is 0.250. The molecule has 0 unspecified atom stereocenters. The van der Waals surface area contributed by atoms with Gasteiger partial charge in [-0.25, -0.2) is 4.79 Å². The van der Waals surface area contributed by atoms with Crippen LogP contribution < -0.4 is 0 Å². The van der Waals surface area contributed by atoms with E-state index in [9.17, 15) is 4.79 Å². The van der Waals surface area contributed by atoms with Crippen molar-refractivity contribution in [3.05, 3.63) is 12.2 Å². The van der Waals surface area contributed by atoms with Crippen molar-refractivity contribution >= 4 is 33.3 Å². The number of allylic oxidation sites excluding steroid dienone is 1. The van der Waals surface area contributed by atoms with Crippen molar-refractivity contribution in [1.82, 2.24) is 0 Å². The Bertz CT molecular complexity index is 77.8. The van der Waals surface area contributed by atoms with Gasteiger partial charge in [-0.05, 0) is 6.92 Å². The predicted molar refractivity (Wildman–Crippen MR) is 28.2 cm³/mol. The van der Waals surface area contributed by atoms with Crippen LogP contribution in [-0.4, -0.2) is 38.4 Å². The summed E-state index contributed by atoms with van der Waals surface area (Å²) in [5, 5.41) is 7.83. The molecule has 0 atom stereocenters. The fourth-order valence-electron chi connectivity index (χ4n) is 0.143. The van der Waals surface area contributed by atoms with Crippen LogP contribution in [0.15, 0.2) is 12.2 Å². The zero-order valence-corrected chi connectivity index (χ0v) is 8.58. The van der Waals surface area contributed by atoms with Gasteiger partial charge >= 0.3 is 5.97 Å². The monoisotopic (exact) mass is 291 g/mol. The van der Waals surface area contributed by atoms with Crippen LogP contribution in [-0.2, 0) is 4.79 Å². The summed E-state index contributed by atoms with van der Waals surface area (Å²) in [6, 6.07) is 0. The summed E-state index contributed by atoms with van der Waals surface area (Å²) in [7, 11) is 0. The van der Waals surface area contributed by atoms with Gasteiger partial charge in [0.15, 0.2) is 0 Å². The Labute approximate surface area is 62.4 Å². The average molecular weight is 290 g/mol. The van der Waals surface area contributed by atoms with Crippen LogP contribution in [0.3, 0.4) is 0 Å². The predicted octanol–water partition coefficient (Wildman–Crippen LogP) is 0.266. The summed E-state index contributed by atoms with van der Waals surface area (Å²) in [5.41, 5.74) is 0. The number of hydrogen-bond donors (Lipinski definition) is 1. The zero-order chi connectivity index (χ0) is 4.99. The minimum atomic E-state index is -0.891. The van der Waals surface area contributed by atoms with Gasteiger partial charge in [-0.15, -0.1) is 0 Å². The smallest absolute Gasteiger partial charge is 0.327 e. The topological polar surface area (TPSA) is 37.3 Å². The van der Waals surface area contributed by atoms with E-state index in [0.717, 1.165) is 6.08 Å². The summed E-state index contributed by atoms with van der Waals surface area (Å²) < 4.78 is 0. The second kappa shape index (κ2) is 6.13. The summed E-state index contributed by atoms with van der Waals surface area (Å²) in [6.07, 6.45) is 2.56. The summed E-state index contributed by atoms with van der Waals surface area (Å²) in [4.78, 5) is 9.51. The van der Waals surface area contributed by atoms with Gasteiger partial charge in [0, 0.05) is 33.4 Å². The maximum atomic E-state index is 9.51. The van der Waals surface area contributed by atoms with Crippen molar-refractivity contribution in [2.24, 2.45) is 0 Å². The van der Waals surface area contributed by atoms with Crippen LogP contribution in [0.5, 0.6) is 0 Å². The Morgan fingerprint density at radius 1 is 1.71 bits per heavy atom. The van der Waals surface area contributed by atoms with E-state index >= 15 is 0 Å². The maximum absolute atomic E-state index is 9.51. The molecule has 3 heteroatoms. The molecule has 0 aromatic heterocycles. The molecular weight excluding hydrogens is 284 g/mol. The standard InChI is InChI=1S/C4H6O2.Tl/c1-2-3-4(5)6;/h2-3H,1H3,(H,5,6);/b3-2+;. The number of carboxylic acid groups (broad SMARTS) is 1. The van der Waals surface area contributed by atoms with Gasteiger partial charge in [-0.2, -0.15) is 0 Å². The van der Waals surface area contributed by atoms with Gasteiger partial charge in [0.2, 0.25) is 0 Å². The van der Waals surface area contributed by atoms with Crippen LogP contribution in [0.4, 0.5) is 0 Å². The molecule has 0 aliphatic rings. The summed E-state index contributed by atoms with van der Waals surface area (Å²) in [6.45, 7) is 1.66. The molecular formula is C4H6O2Tl. The number of hydrogen-bond acceptors (Lipinski definition) is 1. The first-order chi connectivity index (χ1) is 2.77. The van der Waals surface area contributed by atoms with Gasteiger partial charge in [0.25, 0.3) is 0 Å². The third-order valence-corrected chi connectivity index (χ3v) is 0.309. The number of rotatable bonds is 1. The molecule has 0 amide bonds. The SMILES string of the molecule is C/C=C/C(=O)O.[Tl]. The molecule has 0 rings (SSSR count). The van der Waals surface area contributed by atoms with Crippen molar-refractivity contribution < 1.29 is 9.90 Å². The molecule has 1 radical (unpaired) electrons. The second-order valence-corrected chi connectivity index (χ2v) is 0.838. The van der Waals surface area contributed by atoms with Crippen LogP contribution in [0.1, 0.15) is 6.92 Å². The molecule has 2 nitrogen and oxygen atoms in total. The van der Waals surface area contributed by atoms with E-state index in [2.05, 4.69) is 0 Å². The van der Waals surface area contributed by atoms with E-state index in [1.807, 2.05) is 0 Å². The first-order valence-electron chi connectivity index (χ1n) is 1.63. The van der Waals surface area contributed by atoms with Gasteiger partial charge in [0.05, 0.1) is 0 Å². The Morgan fingerprint density at radius 2 is 2.14 bits per heavy atom. The molecule has 7 heavy (non-hydrogen) atoms. The van der Waals surface area contributed by atoms with Crippen molar-refractivity contribution in [1.29, 1.82) is 0 Å². The number of carbonyl (C=O) groups is 1. The van der Waals surface area contributed by atoms with Crippen LogP contribution in [0.25, 0.3) is 0 Å². The average Bonchev–Trinajstić information content (AvgIpc) is 1.35. The molecule has 37 valence electrons. The van der Waals surface area contributed by atoms with E-state index in [-0.39, 0.29) is 27.3 Å². The van der Waals surface area contributed by atoms with E-state index in [1.54, 1.807) is 6.92 Å². The van der Waals surface area contributed by atoms with Gasteiger partial charge in [-0.3, -0.25) is 0 Å². The van der Waals surface area contributed by atoms with Gasteiger partial charge in [-0.1, -0.05) is 6.08 Å². The third kappa shape index (κ3) is 10.7. The van der Waals surface area contributed by atoms with Crippen molar-refractivity contribution in [3.63, 3.8) is 0 Å². The molecule has 0 saturated carbocycles. The van der Waals surface area contributed by atoms with Crippen molar-refractivity contribution in [2.75, 3.05) is 0 Å². The molecule has 0 saturated heterocycles. The zero-order valence-electron chi connectivity index (χ0n) is 4.09. The molecule has 0 bridgehead atoms. The largest absolute Gasteiger partial charge is 0.478 e. The Balaban J connectivity index is 0. The molecule has 1 N–H and O–H groups in total. The van der Waals surface area contributed by atoms with Crippen molar-refractivity contribution in [2.45, 2.75) is 6.92 Å². The number of carboxylic acids is 1. The first-order valence-corrected chi connectivity index (χ1v) is 1.63. The molecule has 0 aliphatic carbocycles. The third-order valence-electron chi connectivity index (χ3n) is 0.309. The number of aliphatic carboxylic acids is 1. The Hall–Kier alpha value is 0.132. The maximum Gasteiger partial charge on any atom is 0.327 e. The Morgan fingerprint density at radius 3 is 2.14 bits per heavy atom. The van der Waals surface area contributed by atoms with E-state index in [4.69, 9.17) is 5.11 Å². The quantitative estimate of drug-likeness (QED) is 0.556. The minimum absolute atomic E-state index is 0. The van der Waals surface area contributed by atoms with E-state index in [0.29, 0.717) is 0 Å². The van der Waals surface area contributed by atoms with Gasteiger partial charge in [0.1, 0.15) is 0 Å². The van der Waals surface area contributed by atoms with Crippen molar-refractivity contribution in [3.8, 4) is 0 Å². The Kier molecular flexibility index (Phi) is 8.92. The fourth-order valence-corrected chi connectivity index (χ4v) is 0.143. The van der Waals surface area contributed by atoms with E-state index in [1.165, 1.54) is 6.08 Å². The second-order valence-electron chi connectivity index (χ2n) is 0.838. The molecule has 0 heterocycles. The summed E-state index contributed by atoms with van der Waals surface area (Å²) >= 11 is 0. The minimum Gasteiger partial charge on any atom is -0.478 e. The van der Waals surface area contributed by atoms with Crippen LogP contribution in [0, 0.1) is 0 Å². The van der Waals surface area contributed by atoms with Crippen LogP contribution >= 0.6 is 0 Å². The van der Waals surface area contributed by atoms with Gasteiger partial charge < -0.3 is 5.11 Å². The van der Waals surface area contributed by atoms with E-state index < -0.39 is 5.97 Å². The molecule has 0 spiro atoms. The first kappa shape index (κ1) is 10.2. The normalized spacial score (nSPS) is 8.14.